The van der Waals surface area contributed by atoms with E-state index in [2.05, 4.69) is 9.97 Å². The van der Waals surface area contributed by atoms with Gasteiger partial charge >= 0.3 is 29.6 Å². The fourth-order valence-electron chi connectivity index (χ4n) is 2.05. The fraction of sp³-hybridized carbons (Fsp3) is 0.353. The third-order valence-electron chi connectivity index (χ3n) is 3.15. The van der Waals surface area contributed by atoms with Crippen LogP contribution in [0.25, 0.3) is 0 Å². The summed E-state index contributed by atoms with van der Waals surface area (Å²) in [6, 6.07) is 7.25. The van der Waals surface area contributed by atoms with Gasteiger partial charge in [-0.25, -0.2) is 9.97 Å². The molecule has 0 fully saturated rings. The Bertz CT molecular complexity index is 682. The summed E-state index contributed by atoms with van der Waals surface area (Å²) in [7, 11) is 0. The van der Waals surface area contributed by atoms with Gasteiger partial charge in [0.15, 0.2) is 0 Å². The standard InChI is InChI=1S/C8H13N3.C8H11N3.CH4.B.Na.H/c2*1-5(9)7-3-4-8(10)11-6(7)2;;;;/h3-5H,9H2,1-2H3,(H2,10,11);3-4,9H,1-2H3,(H2,10,11);1H4;;;/q;;;;+1;-1. The van der Waals surface area contributed by atoms with E-state index in [9.17, 15) is 0 Å². The maximum Gasteiger partial charge on any atom is 1.00 e. The Morgan fingerprint density at radius 1 is 1.04 bits per heavy atom. The van der Waals surface area contributed by atoms with E-state index in [1.165, 1.54) is 0 Å². The molecule has 7 N–H and O–H groups in total. The molecule has 0 aromatic carbocycles. The van der Waals surface area contributed by atoms with E-state index in [0.717, 1.165) is 22.5 Å². The second-order valence-corrected chi connectivity index (χ2v) is 5.19. The van der Waals surface area contributed by atoms with Gasteiger partial charge in [0.1, 0.15) is 11.6 Å². The van der Waals surface area contributed by atoms with Crippen molar-refractivity contribution in [3.63, 3.8) is 0 Å². The number of hydrogen-bond donors (Lipinski definition) is 4. The Morgan fingerprint density at radius 3 is 1.84 bits per heavy atom. The summed E-state index contributed by atoms with van der Waals surface area (Å²) < 4.78 is 0. The second-order valence-electron chi connectivity index (χ2n) is 5.19. The first kappa shape index (κ1) is 28.4. The van der Waals surface area contributed by atoms with Gasteiger partial charge in [-0.05, 0) is 51.5 Å². The fourth-order valence-corrected chi connectivity index (χ4v) is 2.05. The molecule has 0 aliphatic heterocycles. The third-order valence-corrected chi connectivity index (χ3v) is 3.15. The summed E-state index contributed by atoms with van der Waals surface area (Å²) in [5.74, 6) is 1.06. The van der Waals surface area contributed by atoms with Gasteiger partial charge in [-0.1, -0.05) is 13.5 Å². The second kappa shape index (κ2) is 12.9. The minimum atomic E-state index is 0. The predicted octanol–water partition coefficient (Wildman–Crippen LogP) is -0.276. The third kappa shape index (κ3) is 9.02. The van der Waals surface area contributed by atoms with Crippen LogP contribution in [0.3, 0.4) is 0 Å². The van der Waals surface area contributed by atoms with Gasteiger partial charge < -0.3 is 24.0 Å². The number of nitrogens with one attached hydrogen (secondary N) is 1. The van der Waals surface area contributed by atoms with Crippen LogP contribution in [0.15, 0.2) is 24.3 Å². The van der Waals surface area contributed by atoms with Gasteiger partial charge in [0.2, 0.25) is 0 Å². The van der Waals surface area contributed by atoms with Crippen molar-refractivity contribution < 1.29 is 31.0 Å². The van der Waals surface area contributed by atoms with E-state index in [4.69, 9.17) is 22.6 Å². The predicted molar refractivity (Wildman–Crippen MR) is 105 cm³/mol. The minimum Gasteiger partial charge on any atom is -1.00 e. The minimum absolute atomic E-state index is 0. The monoisotopic (exact) mass is 351 g/mol. The largest absolute Gasteiger partial charge is 1.00 e. The molecule has 0 saturated heterocycles. The average molecular weight is 351 g/mol. The van der Waals surface area contributed by atoms with Crippen LogP contribution in [-0.4, -0.2) is 24.1 Å². The zero-order valence-electron chi connectivity index (χ0n) is 16.1. The smallest absolute Gasteiger partial charge is 1.00 e. The number of anilines is 2. The molecule has 0 saturated carbocycles. The van der Waals surface area contributed by atoms with Gasteiger partial charge in [0.05, 0.1) is 0 Å². The molecule has 1 unspecified atom stereocenters. The van der Waals surface area contributed by atoms with Gasteiger partial charge in [-0.15, -0.1) is 0 Å². The van der Waals surface area contributed by atoms with E-state index in [1.807, 2.05) is 32.9 Å². The van der Waals surface area contributed by atoms with Crippen LogP contribution in [0.1, 0.15) is 51.3 Å². The van der Waals surface area contributed by atoms with Gasteiger partial charge in [-0.2, -0.15) is 0 Å². The van der Waals surface area contributed by atoms with E-state index >= 15 is 0 Å². The first-order valence-corrected chi connectivity index (χ1v) is 6.99. The molecule has 0 bridgehead atoms. The van der Waals surface area contributed by atoms with Gasteiger partial charge in [-0.3, -0.25) is 0 Å². The van der Waals surface area contributed by atoms with Crippen molar-refractivity contribution in [1.29, 1.82) is 5.41 Å². The van der Waals surface area contributed by atoms with Crippen LogP contribution in [0.4, 0.5) is 11.6 Å². The topological polar surface area (TPSA) is 128 Å². The van der Waals surface area contributed by atoms with Crippen molar-refractivity contribution in [3.8, 4) is 0 Å². The van der Waals surface area contributed by atoms with Crippen LogP contribution in [0.2, 0.25) is 0 Å². The zero-order valence-corrected chi connectivity index (χ0v) is 17.1. The van der Waals surface area contributed by atoms with Crippen molar-refractivity contribution in [2.75, 3.05) is 11.5 Å². The SMILES string of the molecule is C.CC(=N)c1ccc(N)nc1C.Cc1nc(N)ccc1C(C)N.[B].[H-].[Na+]. The number of rotatable bonds is 2. The molecule has 0 amide bonds. The van der Waals surface area contributed by atoms with E-state index in [1.54, 1.807) is 19.1 Å². The maximum absolute atomic E-state index is 7.37. The molecule has 8 heteroatoms. The zero-order chi connectivity index (χ0) is 16.9. The van der Waals surface area contributed by atoms with Crippen molar-refractivity contribution in [2.45, 2.75) is 41.2 Å². The molecular formula is C17H29BN6Na. The molecule has 0 aliphatic rings. The Balaban J connectivity index is -0.000000161. The van der Waals surface area contributed by atoms with E-state index in [0.29, 0.717) is 17.3 Å². The number of nitrogens with zero attached hydrogens (tertiary/aromatic N) is 2. The van der Waals surface area contributed by atoms with Crippen LogP contribution in [-0.2, 0) is 0 Å². The van der Waals surface area contributed by atoms with Crippen molar-refractivity contribution >= 4 is 25.8 Å². The Kier molecular flexibility index (Phi) is 14.6. The maximum atomic E-state index is 7.37. The van der Waals surface area contributed by atoms with E-state index in [-0.39, 0.29) is 52.9 Å². The van der Waals surface area contributed by atoms with Crippen LogP contribution in [0, 0.1) is 19.3 Å². The normalized spacial score (nSPS) is 9.96. The van der Waals surface area contributed by atoms with Crippen molar-refractivity contribution in [2.24, 2.45) is 5.73 Å². The van der Waals surface area contributed by atoms with Crippen molar-refractivity contribution in [3.05, 3.63) is 46.8 Å². The molecule has 1 atom stereocenters. The number of hydrogen-bond acceptors (Lipinski definition) is 6. The summed E-state index contributed by atoms with van der Waals surface area (Å²) in [4.78, 5) is 8.12. The summed E-state index contributed by atoms with van der Waals surface area (Å²) in [5, 5.41) is 7.37. The van der Waals surface area contributed by atoms with Crippen LogP contribution >= 0.6 is 0 Å². The summed E-state index contributed by atoms with van der Waals surface area (Å²) >= 11 is 0. The molecule has 2 aromatic rings. The quantitative estimate of drug-likeness (QED) is 0.437. The molecule has 131 valence electrons. The average Bonchev–Trinajstić information content (AvgIpc) is 2.38. The summed E-state index contributed by atoms with van der Waals surface area (Å²) in [6.07, 6.45) is 0. The molecule has 2 rings (SSSR count). The van der Waals surface area contributed by atoms with Crippen LogP contribution < -0.4 is 46.8 Å². The number of aromatic nitrogens is 2. The molecule has 2 heterocycles. The Labute approximate surface area is 176 Å². The molecule has 0 aliphatic carbocycles. The Morgan fingerprint density at radius 2 is 1.48 bits per heavy atom. The van der Waals surface area contributed by atoms with E-state index < -0.39 is 0 Å². The molecule has 25 heavy (non-hydrogen) atoms. The van der Waals surface area contributed by atoms with Crippen molar-refractivity contribution in [1.82, 2.24) is 9.97 Å². The molecule has 0 spiro atoms. The Hall–Kier alpha value is -1.41. The number of pyridine rings is 2. The number of aryl methyl sites for hydroxylation is 2. The summed E-state index contributed by atoms with van der Waals surface area (Å²) in [6.45, 7) is 7.43. The molecule has 2 aromatic heterocycles. The molecule has 3 radical (unpaired) electrons. The first-order valence-electron chi connectivity index (χ1n) is 6.99. The first-order chi connectivity index (χ1) is 10.2. The summed E-state index contributed by atoms with van der Waals surface area (Å²) in [5.41, 5.74) is 20.8. The number of nitrogens with two attached hydrogens (primary N) is 3. The molecular weight excluding hydrogens is 322 g/mol. The van der Waals surface area contributed by atoms with Crippen LogP contribution in [0.5, 0.6) is 0 Å². The van der Waals surface area contributed by atoms with Gasteiger partial charge in [0.25, 0.3) is 0 Å². The number of nitrogen functional groups attached to an aromatic ring is 2. The van der Waals surface area contributed by atoms with Gasteiger partial charge in [0, 0.05) is 37.1 Å². The molecule has 6 nitrogen and oxygen atoms in total.